The highest BCUT2D eigenvalue weighted by atomic mass is 35.5. The summed E-state index contributed by atoms with van der Waals surface area (Å²) in [6, 6.07) is 3.58. The van der Waals surface area contributed by atoms with Crippen LogP contribution in [-0.2, 0) is 4.74 Å². The van der Waals surface area contributed by atoms with Crippen LogP contribution in [0, 0.1) is 13.8 Å². The predicted molar refractivity (Wildman–Crippen MR) is 63.5 cm³/mol. The molecule has 0 aromatic heterocycles. The molecular formula is C12H15ClO3. The molecule has 0 saturated carbocycles. The van der Waals surface area contributed by atoms with Crippen LogP contribution in [0.15, 0.2) is 12.1 Å². The fourth-order valence-corrected chi connectivity index (χ4v) is 1.46. The Hall–Kier alpha value is -1.22. The highest BCUT2D eigenvalue weighted by Gasteiger charge is 2.16. The number of hydrogen-bond donors (Lipinski definition) is 0. The molecule has 0 fully saturated rings. The minimum atomic E-state index is -0.396. The molecule has 1 aromatic carbocycles. The van der Waals surface area contributed by atoms with Crippen LogP contribution in [-0.4, -0.2) is 25.6 Å². The zero-order valence-corrected chi connectivity index (χ0v) is 10.4. The quantitative estimate of drug-likeness (QED) is 0.602. The largest absolute Gasteiger partial charge is 0.491 e. The number of ether oxygens (including phenoxy) is 2. The van der Waals surface area contributed by atoms with Crippen LogP contribution in [0.4, 0.5) is 0 Å². The van der Waals surface area contributed by atoms with Crippen molar-refractivity contribution in [2.75, 3.05) is 19.6 Å². The number of hydrogen-bond acceptors (Lipinski definition) is 3. The zero-order chi connectivity index (χ0) is 12.1. The first kappa shape index (κ1) is 12.8. The van der Waals surface area contributed by atoms with Gasteiger partial charge >= 0.3 is 5.97 Å². The van der Waals surface area contributed by atoms with Crippen LogP contribution in [0.1, 0.15) is 21.5 Å². The van der Waals surface area contributed by atoms with Gasteiger partial charge in [-0.15, -0.1) is 11.6 Å². The Balaban J connectivity index is 3.16. The van der Waals surface area contributed by atoms with E-state index in [1.807, 2.05) is 19.9 Å². The lowest BCUT2D eigenvalue weighted by Crippen LogP contribution is -2.09. The first-order valence-corrected chi connectivity index (χ1v) is 5.52. The first-order valence-electron chi connectivity index (χ1n) is 4.99. The summed E-state index contributed by atoms with van der Waals surface area (Å²) in [5, 5.41) is 0. The summed E-state index contributed by atoms with van der Waals surface area (Å²) in [4.78, 5) is 11.5. The standard InChI is InChI=1S/C12H15ClO3/c1-8-4-5-10(12(14)15-3)11(9(8)2)16-7-6-13/h4-5H,6-7H2,1-3H3. The summed E-state index contributed by atoms with van der Waals surface area (Å²) < 4.78 is 10.2. The number of alkyl halides is 1. The van der Waals surface area contributed by atoms with E-state index >= 15 is 0 Å². The van der Waals surface area contributed by atoms with Crippen LogP contribution in [0.2, 0.25) is 0 Å². The molecule has 4 heteroatoms. The Kier molecular flexibility index (Phi) is 4.62. The van der Waals surface area contributed by atoms with Gasteiger partial charge in [-0.1, -0.05) is 6.07 Å². The van der Waals surface area contributed by atoms with Crippen molar-refractivity contribution in [1.82, 2.24) is 0 Å². The first-order chi connectivity index (χ1) is 7.61. The molecule has 0 N–H and O–H groups in total. The molecule has 3 nitrogen and oxygen atoms in total. The lowest BCUT2D eigenvalue weighted by atomic mass is 10.0. The van der Waals surface area contributed by atoms with Crippen LogP contribution >= 0.6 is 11.6 Å². The maximum Gasteiger partial charge on any atom is 0.341 e. The molecule has 88 valence electrons. The Labute approximate surface area is 100 Å². The molecule has 1 aromatic rings. The molecule has 0 aliphatic carbocycles. The van der Waals surface area contributed by atoms with E-state index in [4.69, 9.17) is 21.1 Å². The summed E-state index contributed by atoms with van der Waals surface area (Å²) >= 11 is 5.57. The van der Waals surface area contributed by atoms with Gasteiger partial charge in [0.2, 0.25) is 0 Å². The molecule has 0 aliphatic heterocycles. The average Bonchev–Trinajstić information content (AvgIpc) is 2.30. The molecule has 0 atom stereocenters. The van der Waals surface area contributed by atoms with Crippen molar-refractivity contribution in [3.05, 3.63) is 28.8 Å². The van der Waals surface area contributed by atoms with Gasteiger partial charge in [-0.3, -0.25) is 0 Å². The molecule has 0 aliphatic rings. The zero-order valence-electron chi connectivity index (χ0n) is 9.67. The number of benzene rings is 1. The Morgan fingerprint density at radius 1 is 1.38 bits per heavy atom. The van der Waals surface area contributed by atoms with Crippen molar-refractivity contribution >= 4 is 17.6 Å². The van der Waals surface area contributed by atoms with Crippen LogP contribution in [0.3, 0.4) is 0 Å². The van der Waals surface area contributed by atoms with E-state index < -0.39 is 5.97 Å². The van der Waals surface area contributed by atoms with Gasteiger partial charge in [-0.05, 0) is 31.0 Å². The highest BCUT2D eigenvalue weighted by Crippen LogP contribution is 2.27. The fourth-order valence-electron chi connectivity index (χ4n) is 1.39. The Morgan fingerprint density at radius 2 is 2.06 bits per heavy atom. The summed E-state index contributed by atoms with van der Waals surface area (Å²) in [5.74, 6) is 0.550. The predicted octanol–water partition coefficient (Wildman–Crippen LogP) is 2.71. The van der Waals surface area contributed by atoms with Crippen LogP contribution in [0.25, 0.3) is 0 Å². The van der Waals surface area contributed by atoms with E-state index in [-0.39, 0.29) is 0 Å². The lowest BCUT2D eigenvalue weighted by molar-refractivity contribution is 0.0596. The van der Waals surface area contributed by atoms with Crippen molar-refractivity contribution < 1.29 is 14.3 Å². The van der Waals surface area contributed by atoms with Gasteiger partial charge in [0.05, 0.1) is 13.0 Å². The van der Waals surface area contributed by atoms with Gasteiger partial charge in [-0.25, -0.2) is 4.79 Å². The van der Waals surface area contributed by atoms with Crippen LogP contribution in [0.5, 0.6) is 5.75 Å². The molecular weight excluding hydrogens is 228 g/mol. The molecule has 0 radical (unpaired) electrons. The van der Waals surface area contributed by atoms with Gasteiger partial charge in [0.15, 0.2) is 0 Å². The monoisotopic (exact) mass is 242 g/mol. The smallest absolute Gasteiger partial charge is 0.341 e. The van der Waals surface area contributed by atoms with E-state index in [0.717, 1.165) is 11.1 Å². The number of methoxy groups -OCH3 is 1. The fraction of sp³-hybridized carbons (Fsp3) is 0.417. The third-order valence-electron chi connectivity index (χ3n) is 2.41. The summed E-state index contributed by atoms with van der Waals surface area (Å²) in [6.45, 7) is 4.24. The Morgan fingerprint density at radius 3 is 2.62 bits per heavy atom. The summed E-state index contributed by atoms with van der Waals surface area (Å²) in [6.07, 6.45) is 0. The summed E-state index contributed by atoms with van der Waals surface area (Å²) in [7, 11) is 1.35. The van der Waals surface area contributed by atoms with Crippen molar-refractivity contribution in [3.8, 4) is 5.75 Å². The lowest BCUT2D eigenvalue weighted by Gasteiger charge is -2.13. The molecule has 0 saturated heterocycles. The van der Waals surface area contributed by atoms with E-state index in [1.54, 1.807) is 6.07 Å². The SMILES string of the molecule is COC(=O)c1ccc(C)c(C)c1OCCCl. The van der Waals surface area contributed by atoms with E-state index in [1.165, 1.54) is 7.11 Å². The molecule has 1 rings (SSSR count). The second kappa shape index (κ2) is 5.75. The maximum absolute atomic E-state index is 11.5. The normalized spacial score (nSPS) is 10.0. The number of halogens is 1. The third kappa shape index (κ3) is 2.67. The summed E-state index contributed by atoms with van der Waals surface area (Å²) in [5.41, 5.74) is 2.45. The van der Waals surface area contributed by atoms with E-state index in [9.17, 15) is 4.79 Å². The van der Waals surface area contributed by atoms with Gasteiger partial charge in [0.25, 0.3) is 0 Å². The van der Waals surface area contributed by atoms with E-state index in [2.05, 4.69) is 0 Å². The van der Waals surface area contributed by atoms with E-state index in [0.29, 0.717) is 23.8 Å². The van der Waals surface area contributed by atoms with Crippen molar-refractivity contribution in [2.45, 2.75) is 13.8 Å². The van der Waals surface area contributed by atoms with Gasteiger partial charge in [-0.2, -0.15) is 0 Å². The van der Waals surface area contributed by atoms with Gasteiger partial charge in [0, 0.05) is 0 Å². The number of carbonyl (C=O) groups is 1. The minimum absolute atomic E-state index is 0.371. The topological polar surface area (TPSA) is 35.5 Å². The van der Waals surface area contributed by atoms with Crippen molar-refractivity contribution in [1.29, 1.82) is 0 Å². The third-order valence-corrected chi connectivity index (χ3v) is 2.56. The maximum atomic E-state index is 11.5. The minimum Gasteiger partial charge on any atom is -0.491 e. The van der Waals surface area contributed by atoms with Crippen molar-refractivity contribution in [3.63, 3.8) is 0 Å². The highest BCUT2D eigenvalue weighted by molar-refractivity contribution is 6.18. The molecule has 0 bridgehead atoms. The Bertz CT molecular complexity index is 388. The number of carbonyl (C=O) groups excluding carboxylic acids is 1. The second-order valence-electron chi connectivity index (χ2n) is 3.41. The van der Waals surface area contributed by atoms with Gasteiger partial charge < -0.3 is 9.47 Å². The van der Waals surface area contributed by atoms with Crippen LogP contribution < -0.4 is 4.74 Å². The molecule has 0 unspecified atom stereocenters. The van der Waals surface area contributed by atoms with Gasteiger partial charge in [0.1, 0.15) is 17.9 Å². The number of aryl methyl sites for hydroxylation is 1. The average molecular weight is 243 g/mol. The second-order valence-corrected chi connectivity index (χ2v) is 3.79. The van der Waals surface area contributed by atoms with Crippen molar-refractivity contribution in [2.24, 2.45) is 0 Å². The molecule has 16 heavy (non-hydrogen) atoms. The molecule has 0 spiro atoms. The molecule has 0 heterocycles. The number of esters is 1. The molecule has 0 amide bonds. The number of rotatable bonds is 4.